The van der Waals surface area contributed by atoms with Gasteiger partial charge >= 0.3 is 10.3 Å². The summed E-state index contributed by atoms with van der Waals surface area (Å²) >= 11 is 0. The fraction of sp³-hybridized carbons (Fsp3) is 0.273. The van der Waals surface area contributed by atoms with Gasteiger partial charge in [0, 0.05) is 31.8 Å². The topological polar surface area (TPSA) is 154 Å². The lowest BCUT2D eigenvalue weighted by molar-refractivity contribution is 0.339. The molecule has 3 aromatic rings. The molecule has 0 aliphatic rings. The van der Waals surface area contributed by atoms with Gasteiger partial charge in [0.25, 0.3) is 0 Å². The summed E-state index contributed by atoms with van der Waals surface area (Å²) in [5, 5.41) is 9.69. The van der Waals surface area contributed by atoms with Gasteiger partial charge in [-0.15, -0.1) is 0 Å². The van der Waals surface area contributed by atoms with Gasteiger partial charge in [0.2, 0.25) is 5.95 Å². The smallest absolute Gasteiger partial charge is 0.384 e. The third-order valence-corrected chi connectivity index (χ3v) is 6.33. The Morgan fingerprint density at radius 3 is 2.36 bits per heavy atom. The van der Waals surface area contributed by atoms with E-state index in [1.165, 1.54) is 25.4 Å². The van der Waals surface area contributed by atoms with Gasteiger partial charge in [0.05, 0.1) is 12.2 Å². The molecular formula is C22H27N5O5S. The fourth-order valence-corrected chi connectivity index (χ4v) is 3.92. The second-order valence-electron chi connectivity index (χ2n) is 7.22. The molecule has 0 fully saturated rings. The number of aromatic nitrogens is 2. The number of nitrogens with zero attached hydrogens (tertiary/aromatic N) is 3. The highest BCUT2D eigenvalue weighted by molar-refractivity contribution is 7.84. The van der Waals surface area contributed by atoms with Gasteiger partial charge in [0.1, 0.15) is 17.3 Å². The number of anilines is 2. The first-order chi connectivity index (χ1) is 15.6. The predicted octanol–water partition coefficient (Wildman–Crippen LogP) is 2.58. The Balaban J connectivity index is 2.18. The Kier molecular flexibility index (Phi) is 7.24. The van der Waals surface area contributed by atoms with Gasteiger partial charge in [-0.2, -0.15) is 17.7 Å². The molecule has 11 heteroatoms. The summed E-state index contributed by atoms with van der Waals surface area (Å²) in [5.41, 5.74) is 13.9. The molecule has 0 bridgehead atoms. The van der Waals surface area contributed by atoms with Crippen LogP contribution in [-0.4, -0.2) is 48.0 Å². The summed E-state index contributed by atoms with van der Waals surface area (Å²) in [5.74, 6) is 0.861. The van der Waals surface area contributed by atoms with Crippen LogP contribution in [0.4, 0.5) is 11.8 Å². The largest absolute Gasteiger partial charge is 0.508 e. The van der Waals surface area contributed by atoms with Crippen molar-refractivity contribution in [1.82, 2.24) is 14.3 Å². The number of rotatable bonds is 9. The SMILES string of the molecule is CCOc1cc(Cc2cnc(N)nc2N)cc(OS(=O)(=O)N(C)CC)c1-c1ccc(O)cc1. The van der Waals surface area contributed by atoms with Crippen LogP contribution < -0.4 is 20.4 Å². The summed E-state index contributed by atoms with van der Waals surface area (Å²) in [4.78, 5) is 7.96. The molecule has 0 aliphatic carbocycles. The van der Waals surface area contributed by atoms with E-state index in [-0.39, 0.29) is 29.8 Å². The first-order valence-corrected chi connectivity index (χ1v) is 11.6. The number of aromatic hydroxyl groups is 1. The van der Waals surface area contributed by atoms with Gasteiger partial charge in [-0.05, 0) is 42.3 Å². The second-order valence-corrected chi connectivity index (χ2v) is 8.86. The Hall–Kier alpha value is -3.57. The van der Waals surface area contributed by atoms with E-state index >= 15 is 0 Å². The Labute approximate surface area is 193 Å². The standard InChI is InChI=1S/C22H27N5O5S/c1-4-27(3)33(29,30)32-19-12-14(10-16-13-25-22(24)26-21(16)23)11-18(31-5-2)20(19)15-6-8-17(28)9-7-15/h6-9,11-13,28H,4-5,10H2,1-3H3,(H4,23,24,25,26). The second kappa shape index (κ2) is 9.92. The Morgan fingerprint density at radius 1 is 1.09 bits per heavy atom. The third kappa shape index (κ3) is 5.62. The van der Waals surface area contributed by atoms with Crippen molar-refractivity contribution >= 4 is 22.1 Å². The van der Waals surface area contributed by atoms with E-state index in [2.05, 4.69) is 9.97 Å². The van der Waals surface area contributed by atoms with Crippen molar-refractivity contribution in [2.75, 3.05) is 31.7 Å². The van der Waals surface area contributed by atoms with Crippen LogP contribution in [-0.2, 0) is 16.7 Å². The van der Waals surface area contributed by atoms with Gasteiger partial charge in [-0.1, -0.05) is 19.1 Å². The monoisotopic (exact) mass is 473 g/mol. The number of hydrogen-bond acceptors (Lipinski definition) is 9. The number of hydrogen-bond donors (Lipinski definition) is 3. The van der Waals surface area contributed by atoms with E-state index in [9.17, 15) is 13.5 Å². The molecule has 1 aromatic heterocycles. The lowest BCUT2D eigenvalue weighted by atomic mass is 9.98. The molecule has 0 aliphatic heterocycles. The molecule has 3 rings (SSSR count). The van der Waals surface area contributed by atoms with Crippen molar-refractivity contribution in [3.63, 3.8) is 0 Å². The van der Waals surface area contributed by atoms with E-state index in [0.29, 0.717) is 41.0 Å². The van der Waals surface area contributed by atoms with Crippen LogP contribution in [0.25, 0.3) is 11.1 Å². The van der Waals surface area contributed by atoms with Gasteiger partial charge in [0.15, 0.2) is 5.75 Å². The molecule has 33 heavy (non-hydrogen) atoms. The summed E-state index contributed by atoms with van der Waals surface area (Å²) < 4.78 is 38.0. The molecule has 2 aromatic carbocycles. The van der Waals surface area contributed by atoms with Gasteiger partial charge < -0.3 is 25.5 Å². The highest BCUT2D eigenvalue weighted by atomic mass is 32.2. The number of nitrogen functional groups attached to an aromatic ring is 2. The maximum atomic E-state index is 12.8. The van der Waals surface area contributed by atoms with Crippen molar-refractivity contribution in [3.05, 3.63) is 53.7 Å². The fourth-order valence-electron chi connectivity index (χ4n) is 3.12. The van der Waals surface area contributed by atoms with E-state index in [0.717, 1.165) is 4.31 Å². The van der Waals surface area contributed by atoms with Crippen LogP contribution in [0.1, 0.15) is 25.0 Å². The minimum atomic E-state index is -4.07. The van der Waals surface area contributed by atoms with Crippen molar-refractivity contribution < 1.29 is 22.4 Å². The summed E-state index contributed by atoms with van der Waals surface area (Å²) in [6, 6.07) is 9.71. The predicted molar refractivity (Wildman–Crippen MR) is 126 cm³/mol. The van der Waals surface area contributed by atoms with E-state index in [1.807, 2.05) is 6.92 Å². The molecule has 0 amide bonds. The first kappa shape index (κ1) is 24.1. The van der Waals surface area contributed by atoms with E-state index < -0.39 is 10.3 Å². The molecule has 0 saturated heterocycles. The van der Waals surface area contributed by atoms with Gasteiger partial charge in [-0.3, -0.25) is 0 Å². The molecule has 10 nitrogen and oxygen atoms in total. The van der Waals surface area contributed by atoms with Crippen LogP contribution >= 0.6 is 0 Å². The Morgan fingerprint density at radius 2 is 1.76 bits per heavy atom. The van der Waals surface area contributed by atoms with Crippen molar-refractivity contribution in [1.29, 1.82) is 0 Å². The van der Waals surface area contributed by atoms with Crippen molar-refractivity contribution in [2.24, 2.45) is 0 Å². The molecule has 5 N–H and O–H groups in total. The zero-order valence-corrected chi connectivity index (χ0v) is 19.5. The quantitative estimate of drug-likeness (QED) is 0.425. The first-order valence-electron chi connectivity index (χ1n) is 10.3. The average molecular weight is 474 g/mol. The van der Waals surface area contributed by atoms with E-state index in [1.54, 1.807) is 31.2 Å². The molecule has 0 radical (unpaired) electrons. The van der Waals surface area contributed by atoms with Crippen LogP contribution in [0.5, 0.6) is 17.2 Å². The lowest BCUT2D eigenvalue weighted by Crippen LogP contribution is -2.30. The average Bonchev–Trinajstić information content (AvgIpc) is 2.76. The maximum Gasteiger partial charge on any atom is 0.384 e. The molecule has 0 spiro atoms. The minimum Gasteiger partial charge on any atom is -0.508 e. The summed E-state index contributed by atoms with van der Waals surface area (Å²) in [7, 11) is -2.65. The van der Waals surface area contributed by atoms with Crippen LogP contribution in [0, 0.1) is 0 Å². The molecule has 0 saturated carbocycles. The van der Waals surface area contributed by atoms with E-state index in [4.69, 9.17) is 20.4 Å². The molecule has 1 heterocycles. The number of phenols is 1. The number of ether oxygens (including phenoxy) is 1. The van der Waals surface area contributed by atoms with Gasteiger partial charge in [-0.25, -0.2) is 4.98 Å². The number of nitrogens with two attached hydrogens (primary N) is 2. The van der Waals surface area contributed by atoms with Crippen LogP contribution in [0.2, 0.25) is 0 Å². The number of benzene rings is 2. The highest BCUT2D eigenvalue weighted by Gasteiger charge is 2.24. The molecule has 176 valence electrons. The number of phenolic OH excluding ortho intramolecular Hbond substituents is 1. The van der Waals surface area contributed by atoms with Crippen LogP contribution in [0.3, 0.4) is 0 Å². The summed E-state index contributed by atoms with van der Waals surface area (Å²) in [6.45, 7) is 4.09. The molecular weight excluding hydrogens is 446 g/mol. The van der Waals surface area contributed by atoms with Crippen molar-refractivity contribution in [3.8, 4) is 28.4 Å². The Bertz CT molecular complexity index is 1230. The lowest BCUT2D eigenvalue weighted by Gasteiger charge is -2.20. The molecule has 0 unspecified atom stereocenters. The normalized spacial score (nSPS) is 11.5. The van der Waals surface area contributed by atoms with Crippen molar-refractivity contribution in [2.45, 2.75) is 20.3 Å². The summed E-state index contributed by atoms with van der Waals surface area (Å²) in [6.07, 6.45) is 1.82. The molecule has 0 atom stereocenters. The third-order valence-electron chi connectivity index (χ3n) is 4.91. The highest BCUT2D eigenvalue weighted by Crippen LogP contribution is 2.41. The minimum absolute atomic E-state index is 0.0617. The maximum absolute atomic E-state index is 12.8. The zero-order valence-electron chi connectivity index (χ0n) is 18.6. The zero-order chi connectivity index (χ0) is 24.2. The van der Waals surface area contributed by atoms with Crippen LogP contribution in [0.15, 0.2) is 42.6 Å².